The van der Waals surface area contributed by atoms with Gasteiger partial charge in [0.25, 0.3) is 0 Å². The molecule has 0 fully saturated rings. The summed E-state index contributed by atoms with van der Waals surface area (Å²) in [5, 5.41) is 7.99. The highest BCUT2D eigenvalue weighted by Crippen LogP contribution is 2.12. The van der Waals surface area contributed by atoms with Crippen LogP contribution in [0.4, 0.5) is 0 Å². The standard InChI is InChI=1S/C7H8BrN5/c8-6-7-12-11-5(1-2-9)13(7)4-3-10-6/h3-4H,1-2,9H2. The Balaban J connectivity index is 2.61. The summed E-state index contributed by atoms with van der Waals surface area (Å²) in [6.07, 6.45) is 4.24. The number of hydrogen-bond acceptors (Lipinski definition) is 4. The van der Waals surface area contributed by atoms with Crippen molar-refractivity contribution in [3.63, 3.8) is 0 Å². The van der Waals surface area contributed by atoms with Crippen molar-refractivity contribution in [3.05, 3.63) is 22.8 Å². The van der Waals surface area contributed by atoms with Gasteiger partial charge in [-0.25, -0.2) is 4.98 Å². The highest BCUT2D eigenvalue weighted by molar-refractivity contribution is 9.10. The van der Waals surface area contributed by atoms with Crippen molar-refractivity contribution in [1.29, 1.82) is 0 Å². The molecule has 0 aromatic carbocycles. The van der Waals surface area contributed by atoms with Gasteiger partial charge in [0.1, 0.15) is 5.82 Å². The van der Waals surface area contributed by atoms with Gasteiger partial charge in [0.05, 0.1) is 0 Å². The van der Waals surface area contributed by atoms with E-state index in [0.29, 0.717) is 11.1 Å². The molecule has 13 heavy (non-hydrogen) atoms. The molecule has 0 atom stereocenters. The molecule has 2 N–H and O–H groups in total. The molecule has 2 heterocycles. The van der Waals surface area contributed by atoms with E-state index in [9.17, 15) is 0 Å². The summed E-state index contributed by atoms with van der Waals surface area (Å²) in [5.74, 6) is 0.862. The van der Waals surface area contributed by atoms with Crippen LogP contribution in [0.25, 0.3) is 5.65 Å². The first-order valence-electron chi connectivity index (χ1n) is 3.87. The number of fused-ring (bicyclic) bond motifs is 1. The molecule has 0 amide bonds. The third-order valence-corrected chi connectivity index (χ3v) is 2.28. The van der Waals surface area contributed by atoms with Crippen LogP contribution in [0.3, 0.4) is 0 Å². The molecule has 68 valence electrons. The normalized spacial score (nSPS) is 10.9. The zero-order chi connectivity index (χ0) is 9.26. The Kier molecular flexibility index (Phi) is 2.24. The Bertz CT molecular complexity index is 424. The minimum atomic E-state index is 0.570. The lowest BCUT2D eigenvalue weighted by Gasteiger charge is -1.96. The van der Waals surface area contributed by atoms with Gasteiger partial charge in [0.2, 0.25) is 0 Å². The molecule has 2 rings (SSSR count). The molecule has 2 aromatic rings. The van der Waals surface area contributed by atoms with E-state index in [2.05, 4.69) is 31.1 Å². The number of rotatable bonds is 2. The predicted octanol–water partition coefficient (Wildman–Crippen LogP) is 0.388. The molecule has 0 spiro atoms. The van der Waals surface area contributed by atoms with Gasteiger partial charge in [-0.3, -0.25) is 4.40 Å². The van der Waals surface area contributed by atoms with Gasteiger partial charge < -0.3 is 5.73 Å². The highest BCUT2D eigenvalue weighted by atomic mass is 79.9. The smallest absolute Gasteiger partial charge is 0.193 e. The molecular formula is C7H8BrN5. The molecule has 0 unspecified atom stereocenters. The minimum absolute atomic E-state index is 0.570. The summed E-state index contributed by atoms with van der Waals surface area (Å²) in [6, 6.07) is 0. The first-order valence-corrected chi connectivity index (χ1v) is 4.66. The Morgan fingerprint density at radius 2 is 2.31 bits per heavy atom. The maximum Gasteiger partial charge on any atom is 0.193 e. The van der Waals surface area contributed by atoms with E-state index in [4.69, 9.17) is 5.73 Å². The largest absolute Gasteiger partial charge is 0.330 e. The van der Waals surface area contributed by atoms with Crippen LogP contribution >= 0.6 is 15.9 Å². The molecule has 0 aliphatic heterocycles. The third-order valence-electron chi connectivity index (χ3n) is 1.72. The van der Waals surface area contributed by atoms with Gasteiger partial charge in [-0.05, 0) is 22.5 Å². The van der Waals surface area contributed by atoms with Crippen LogP contribution in [0, 0.1) is 0 Å². The van der Waals surface area contributed by atoms with Gasteiger partial charge in [-0.2, -0.15) is 0 Å². The van der Waals surface area contributed by atoms with Crippen molar-refractivity contribution in [1.82, 2.24) is 19.6 Å². The first kappa shape index (κ1) is 8.58. The average molecular weight is 242 g/mol. The summed E-state index contributed by atoms with van der Waals surface area (Å²) < 4.78 is 2.58. The van der Waals surface area contributed by atoms with E-state index < -0.39 is 0 Å². The van der Waals surface area contributed by atoms with Gasteiger partial charge in [-0.1, -0.05) is 0 Å². The molecule has 0 bridgehead atoms. The lowest BCUT2D eigenvalue weighted by molar-refractivity contribution is 0.846. The van der Waals surface area contributed by atoms with Gasteiger partial charge in [0.15, 0.2) is 10.3 Å². The third kappa shape index (κ3) is 1.42. The molecule has 0 aliphatic rings. The summed E-state index contributed by atoms with van der Waals surface area (Å²) in [7, 11) is 0. The number of halogens is 1. The van der Waals surface area contributed by atoms with Crippen molar-refractivity contribution in [2.75, 3.05) is 6.54 Å². The maximum absolute atomic E-state index is 5.44. The van der Waals surface area contributed by atoms with Crippen molar-refractivity contribution in [2.45, 2.75) is 6.42 Å². The first-order chi connectivity index (χ1) is 6.33. The fourth-order valence-electron chi connectivity index (χ4n) is 1.14. The van der Waals surface area contributed by atoms with E-state index in [-0.39, 0.29) is 0 Å². The molecule has 0 radical (unpaired) electrons. The Hall–Kier alpha value is -1.01. The molecular weight excluding hydrogens is 234 g/mol. The molecule has 0 saturated heterocycles. The SMILES string of the molecule is NCCc1nnc2c(Br)nccn12. The summed E-state index contributed by atoms with van der Waals surface area (Å²) in [4.78, 5) is 4.04. The van der Waals surface area contributed by atoms with E-state index in [1.165, 1.54) is 0 Å². The van der Waals surface area contributed by atoms with E-state index >= 15 is 0 Å². The fourth-order valence-corrected chi connectivity index (χ4v) is 1.53. The molecule has 2 aromatic heterocycles. The van der Waals surface area contributed by atoms with Crippen LogP contribution in [0.5, 0.6) is 0 Å². The highest BCUT2D eigenvalue weighted by Gasteiger charge is 2.06. The van der Waals surface area contributed by atoms with Crippen LogP contribution < -0.4 is 5.73 Å². The Morgan fingerprint density at radius 1 is 1.46 bits per heavy atom. The maximum atomic E-state index is 5.44. The lowest BCUT2D eigenvalue weighted by atomic mass is 10.4. The van der Waals surface area contributed by atoms with Gasteiger partial charge in [0, 0.05) is 18.8 Å². The van der Waals surface area contributed by atoms with Crippen LogP contribution in [-0.4, -0.2) is 26.1 Å². The monoisotopic (exact) mass is 241 g/mol. The number of hydrogen-bond donors (Lipinski definition) is 1. The average Bonchev–Trinajstić information content (AvgIpc) is 2.51. The topological polar surface area (TPSA) is 69.1 Å². The zero-order valence-corrected chi connectivity index (χ0v) is 8.40. The Labute approximate surface area is 83.1 Å². The number of aromatic nitrogens is 4. The van der Waals surface area contributed by atoms with E-state index in [1.54, 1.807) is 6.20 Å². The quantitative estimate of drug-likeness (QED) is 0.826. The second-order valence-electron chi connectivity index (χ2n) is 2.57. The van der Waals surface area contributed by atoms with Crippen LogP contribution in [0.1, 0.15) is 5.82 Å². The van der Waals surface area contributed by atoms with Gasteiger partial charge in [-0.15, -0.1) is 10.2 Å². The number of nitrogens with zero attached hydrogens (tertiary/aromatic N) is 4. The van der Waals surface area contributed by atoms with Crippen molar-refractivity contribution in [2.24, 2.45) is 5.73 Å². The lowest BCUT2D eigenvalue weighted by Crippen LogP contribution is -2.06. The minimum Gasteiger partial charge on any atom is -0.330 e. The summed E-state index contributed by atoms with van der Waals surface area (Å²) in [6.45, 7) is 0.570. The van der Waals surface area contributed by atoms with E-state index in [0.717, 1.165) is 17.9 Å². The molecule has 6 heteroatoms. The van der Waals surface area contributed by atoms with Crippen LogP contribution in [-0.2, 0) is 6.42 Å². The van der Waals surface area contributed by atoms with Crippen molar-refractivity contribution < 1.29 is 0 Å². The molecule has 5 nitrogen and oxygen atoms in total. The fraction of sp³-hybridized carbons (Fsp3) is 0.286. The second kappa shape index (κ2) is 3.39. The van der Waals surface area contributed by atoms with Crippen LogP contribution in [0.15, 0.2) is 17.0 Å². The Morgan fingerprint density at radius 3 is 3.08 bits per heavy atom. The molecule has 0 saturated carbocycles. The van der Waals surface area contributed by atoms with Crippen molar-refractivity contribution >= 4 is 21.6 Å². The van der Waals surface area contributed by atoms with Gasteiger partial charge >= 0.3 is 0 Å². The predicted molar refractivity (Wildman–Crippen MR) is 51.2 cm³/mol. The van der Waals surface area contributed by atoms with Crippen LogP contribution in [0.2, 0.25) is 0 Å². The zero-order valence-electron chi connectivity index (χ0n) is 6.81. The second-order valence-corrected chi connectivity index (χ2v) is 3.32. The summed E-state index contributed by atoms with van der Waals surface area (Å²) in [5.41, 5.74) is 6.17. The summed E-state index contributed by atoms with van der Waals surface area (Å²) >= 11 is 3.30. The van der Waals surface area contributed by atoms with E-state index in [1.807, 2.05) is 10.6 Å². The van der Waals surface area contributed by atoms with Crippen molar-refractivity contribution in [3.8, 4) is 0 Å². The molecule has 0 aliphatic carbocycles. The number of nitrogens with two attached hydrogens (primary N) is 1.